The quantitative estimate of drug-likeness (QED) is 0.627. The van der Waals surface area contributed by atoms with Crippen LogP contribution < -0.4 is 10.8 Å². The van der Waals surface area contributed by atoms with Crippen molar-refractivity contribution < 1.29 is 19.2 Å². The van der Waals surface area contributed by atoms with Crippen LogP contribution in [0.1, 0.15) is 72.6 Å². The second-order valence-electron chi connectivity index (χ2n) is 7.73. The van der Waals surface area contributed by atoms with Gasteiger partial charge in [-0.15, -0.1) is 0 Å². The van der Waals surface area contributed by atoms with Crippen LogP contribution in [0.4, 0.5) is 0 Å². The van der Waals surface area contributed by atoms with Gasteiger partial charge in [-0.05, 0) is 69.2 Å². The summed E-state index contributed by atoms with van der Waals surface area (Å²) in [7, 11) is 0. The lowest BCUT2D eigenvalue weighted by atomic mass is 9.65. The van der Waals surface area contributed by atoms with E-state index in [1.165, 1.54) is 12.8 Å². The van der Waals surface area contributed by atoms with Crippen molar-refractivity contribution in [1.82, 2.24) is 10.8 Å². The summed E-state index contributed by atoms with van der Waals surface area (Å²) in [4.78, 5) is 40.9. The highest BCUT2D eigenvalue weighted by molar-refractivity contribution is 6.01. The molecule has 0 unspecified atom stereocenters. The molecule has 2 N–H and O–H groups in total. The first kappa shape index (κ1) is 19.5. The minimum Gasteiger partial charge on any atom is -0.341 e. The molecule has 6 nitrogen and oxygen atoms in total. The van der Waals surface area contributed by atoms with E-state index < -0.39 is 11.9 Å². The van der Waals surface area contributed by atoms with Crippen LogP contribution in [0.2, 0.25) is 0 Å². The van der Waals surface area contributed by atoms with E-state index in [2.05, 4.69) is 15.6 Å². The van der Waals surface area contributed by atoms with Crippen LogP contribution >= 0.6 is 0 Å². The third-order valence-corrected chi connectivity index (χ3v) is 6.04. The lowest BCUT2D eigenvalue weighted by molar-refractivity contribution is -0.148. The summed E-state index contributed by atoms with van der Waals surface area (Å²) in [5.41, 5.74) is 3.42. The number of benzene rings is 1. The molecule has 0 atom stereocenters. The molecule has 1 spiro atoms. The molecule has 1 saturated carbocycles. The van der Waals surface area contributed by atoms with Gasteiger partial charge in [-0.2, -0.15) is 5.48 Å². The molecule has 1 aromatic carbocycles. The number of hydroxylamine groups is 1. The van der Waals surface area contributed by atoms with E-state index in [4.69, 9.17) is 0 Å². The smallest absolute Gasteiger partial charge is 0.331 e. The highest BCUT2D eigenvalue weighted by Crippen LogP contribution is 2.45. The predicted octanol–water partition coefficient (Wildman–Crippen LogP) is 3.03. The maximum absolute atomic E-state index is 12.9. The average Bonchev–Trinajstić information content (AvgIpc) is 2.72. The lowest BCUT2D eigenvalue weighted by Crippen LogP contribution is -2.40. The van der Waals surface area contributed by atoms with Crippen LogP contribution in [0.15, 0.2) is 24.3 Å². The van der Waals surface area contributed by atoms with Crippen LogP contribution in [0.25, 0.3) is 0 Å². The van der Waals surface area contributed by atoms with Crippen LogP contribution in [0, 0.1) is 11.3 Å². The van der Waals surface area contributed by atoms with Gasteiger partial charge in [0.05, 0.1) is 0 Å². The third-order valence-electron chi connectivity index (χ3n) is 6.04. The number of nitrogens with one attached hydrogen (secondary N) is 2. The Morgan fingerprint density at radius 3 is 2.44 bits per heavy atom. The Kier molecular flexibility index (Phi) is 6.26. The number of ketones is 1. The topological polar surface area (TPSA) is 84.5 Å². The van der Waals surface area contributed by atoms with E-state index in [1.54, 1.807) is 31.2 Å². The fourth-order valence-electron chi connectivity index (χ4n) is 4.23. The number of carbonyl (C=O) groups excluding carboxylic acids is 3. The van der Waals surface area contributed by atoms with Gasteiger partial charge in [-0.25, -0.2) is 4.79 Å². The molecule has 1 heterocycles. The number of Topliss-reactive ketones (excluding diaryl/α,β-unsaturated/α-hetero) is 1. The zero-order valence-electron chi connectivity index (χ0n) is 15.9. The van der Waals surface area contributed by atoms with Crippen molar-refractivity contribution in [3.8, 4) is 0 Å². The van der Waals surface area contributed by atoms with E-state index in [0.717, 1.165) is 38.8 Å². The maximum Gasteiger partial charge on any atom is 0.331 e. The van der Waals surface area contributed by atoms with Gasteiger partial charge in [-0.1, -0.05) is 19.1 Å². The molecule has 146 valence electrons. The van der Waals surface area contributed by atoms with Crippen molar-refractivity contribution in [2.75, 3.05) is 13.1 Å². The summed E-state index contributed by atoms with van der Waals surface area (Å²) < 4.78 is 0. The maximum atomic E-state index is 12.9. The van der Waals surface area contributed by atoms with Gasteiger partial charge in [-0.3, -0.25) is 9.59 Å². The average molecular weight is 372 g/mol. The normalized spacial score (nSPS) is 19.4. The van der Waals surface area contributed by atoms with Crippen LogP contribution in [0.3, 0.4) is 0 Å². The van der Waals surface area contributed by atoms with Gasteiger partial charge in [0.2, 0.25) is 0 Å². The molecule has 1 aromatic rings. The molecular formula is C21H28N2O4. The summed E-state index contributed by atoms with van der Waals surface area (Å²) in [5.74, 6) is -0.894. The minimum absolute atomic E-state index is 0.0294. The highest BCUT2D eigenvalue weighted by Gasteiger charge is 2.38. The van der Waals surface area contributed by atoms with Crippen LogP contribution in [0.5, 0.6) is 0 Å². The van der Waals surface area contributed by atoms with Crippen LogP contribution in [-0.4, -0.2) is 30.7 Å². The molecule has 0 radical (unpaired) electrons. The van der Waals surface area contributed by atoms with Gasteiger partial charge >= 0.3 is 5.97 Å². The van der Waals surface area contributed by atoms with Crippen molar-refractivity contribution in [2.24, 2.45) is 11.3 Å². The van der Waals surface area contributed by atoms with Crippen molar-refractivity contribution >= 4 is 17.7 Å². The Morgan fingerprint density at radius 1 is 1.11 bits per heavy atom. The first-order valence-corrected chi connectivity index (χ1v) is 9.88. The monoisotopic (exact) mass is 372 g/mol. The predicted molar refractivity (Wildman–Crippen MR) is 101 cm³/mol. The molecule has 1 aliphatic heterocycles. The molecular weight excluding hydrogens is 344 g/mol. The van der Waals surface area contributed by atoms with Gasteiger partial charge in [0, 0.05) is 23.5 Å². The summed E-state index contributed by atoms with van der Waals surface area (Å²) in [5, 5.41) is 3.42. The van der Waals surface area contributed by atoms with Gasteiger partial charge in [0.25, 0.3) is 5.91 Å². The van der Waals surface area contributed by atoms with Gasteiger partial charge in [0.15, 0.2) is 5.78 Å². The summed E-state index contributed by atoms with van der Waals surface area (Å²) in [6, 6.07) is 6.65. The second-order valence-corrected chi connectivity index (χ2v) is 7.73. The summed E-state index contributed by atoms with van der Waals surface area (Å²) in [6.07, 6.45) is 6.65. The first-order chi connectivity index (χ1) is 13.0. The molecule has 1 amide bonds. The molecule has 2 aliphatic rings. The Labute approximate surface area is 160 Å². The number of hydrogen-bond donors (Lipinski definition) is 2. The number of carbonyl (C=O) groups is 3. The molecule has 0 bridgehead atoms. The van der Waals surface area contributed by atoms with Crippen LogP contribution in [-0.2, 0) is 9.63 Å². The lowest BCUT2D eigenvalue weighted by Gasteiger charge is -2.42. The number of piperidine rings is 1. The summed E-state index contributed by atoms with van der Waals surface area (Å²) >= 11 is 0. The molecule has 1 aliphatic carbocycles. The molecule has 0 aromatic heterocycles. The number of hydrogen-bond acceptors (Lipinski definition) is 5. The SMILES string of the molecule is CCC(=O)ONC(=O)c1cccc(C(=O)C2CCC3(CCNCC3)CC2)c1. The molecule has 27 heavy (non-hydrogen) atoms. The van der Waals surface area contributed by atoms with E-state index in [0.29, 0.717) is 16.5 Å². The Morgan fingerprint density at radius 2 is 1.78 bits per heavy atom. The fourth-order valence-corrected chi connectivity index (χ4v) is 4.23. The molecule has 2 fully saturated rings. The zero-order valence-corrected chi connectivity index (χ0v) is 15.9. The van der Waals surface area contributed by atoms with Crippen molar-refractivity contribution in [3.63, 3.8) is 0 Å². The van der Waals surface area contributed by atoms with E-state index >= 15 is 0 Å². The Hall–Kier alpha value is -2.21. The highest BCUT2D eigenvalue weighted by atomic mass is 16.7. The third kappa shape index (κ3) is 4.75. The largest absolute Gasteiger partial charge is 0.341 e. The van der Waals surface area contributed by atoms with Crippen molar-refractivity contribution in [1.29, 1.82) is 0 Å². The molecule has 6 heteroatoms. The minimum atomic E-state index is -0.524. The standard InChI is InChI=1S/C21H28N2O4/c1-2-18(24)27-23-20(26)17-5-3-4-16(14-17)19(25)15-6-8-21(9-7-15)10-12-22-13-11-21/h3-5,14-15,22H,2,6-13H2,1H3,(H,23,26). The summed E-state index contributed by atoms with van der Waals surface area (Å²) in [6.45, 7) is 3.81. The number of rotatable bonds is 4. The van der Waals surface area contributed by atoms with Gasteiger partial charge in [0.1, 0.15) is 0 Å². The zero-order chi connectivity index (χ0) is 19.3. The molecule has 1 saturated heterocycles. The Bertz CT molecular complexity index is 700. The van der Waals surface area contributed by atoms with Crippen molar-refractivity contribution in [3.05, 3.63) is 35.4 Å². The van der Waals surface area contributed by atoms with E-state index in [9.17, 15) is 14.4 Å². The van der Waals surface area contributed by atoms with E-state index in [-0.39, 0.29) is 18.1 Å². The molecule has 3 rings (SSSR count). The fraction of sp³-hybridized carbons (Fsp3) is 0.571. The van der Waals surface area contributed by atoms with Gasteiger partial charge < -0.3 is 10.2 Å². The number of amides is 1. The second kappa shape index (κ2) is 8.65. The first-order valence-electron chi connectivity index (χ1n) is 9.88. The Balaban J connectivity index is 1.60. The van der Waals surface area contributed by atoms with E-state index in [1.807, 2.05) is 0 Å². The van der Waals surface area contributed by atoms with Crippen molar-refractivity contribution in [2.45, 2.75) is 51.9 Å².